The van der Waals surface area contributed by atoms with Crippen LogP contribution in [0, 0.1) is 0 Å². The molecule has 1 amide bonds. The van der Waals surface area contributed by atoms with E-state index in [1.54, 1.807) is 4.68 Å². The first-order valence-corrected chi connectivity index (χ1v) is 10.4. The summed E-state index contributed by atoms with van der Waals surface area (Å²) in [7, 11) is 0. The molecule has 0 atom stereocenters. The van der Waals surface area contributed by atoms with Crippen molar-refractivity contribution in [2.24, 2.45) is 0 Å². The van der Waals surface area contributed by atoms with E-state index in [-0.39, 0.29) is 11.4 Å². The van der Waals surface area contributed by atoms with Crippen LogP contribution in [0.25, 0.3) is 5.69 Å². The molecule has 28 heavy (non-hydrogen) atoms. The van der Waals surface area contributed by atoms with Crippen LogP contribution >= 0.6 is 11.8 Å². The summed E-state index contributed by atoms with van der Waals surface area (Å²) in [6.07, 6.45) is 4.21. The van der Waals surface area contributed by atoms with Gasteiger partial charge in [-0.15, -0.1) is 5.10 Å². The number of tetrazole rings is 1. The normalized spacial score (nSPS) is 14.3. The van der Waals surface area contributed by atoms with Gasteiger partial charge in [0.25, 0.3) is 5.91 Å². The quantitative estimate of drug-likeness (QED) is 0.663. The Kier molecular flexibility index (Phi) is 4.70. The zero-order valence-corrected chi connectivity index (χ0v) is 17.2. The number of thioether (sulfide) groups is 1. The van der Waals surface area contributed by atoms with E-state index >= 15 is 0 Å². The number of rotatable bonds is 5. The minimum atomic E-state index is -0.276. The van der Waals surface area contributed by atoms with Crippen molar-refractivity contribution in [2.75, 3.05) is 11.6 Å². The SMILES string of the molecule is CSc1nnnn1-c1cccc(NC(=O)c2cc(C3CC3)nn2C(C)(C)C)c1. The monoisotopic (exact) mass is 397 g/mol. The van der Waals surface area contributed by atoms with Crippen molar-refractivity contribution in [3.05, 3.63) is 41.7 Å². The second kappa shape index (κ2) is 7.05. The van der Waals surface area contributed by atoms with Crippen LogP contribution in [0.2, 0.25) is 0 Å². The lowest BCUT2D eigenvalue weighted by Crippen LogP contribution is -2.29. The van der Waals surface area contributed by atoms with Gasteiger partial charge in [-0.3, -0.25) is 9.48 Å². The average molecular weight is 398 g/mol. The number of anilines is 1. The fraction of sp³-hybridized carbons (Fsp3) is 0.421. The Morgan fingerprint density at radius 3 is 2.71 bits per heavy atom. The van der Waals surface area contributed by atoms with Gasteiger partial charge in [-0.05, 0) is 74.6 Å². The van der Waals surface area contributed by atoms with E-state index in [1.165, 1.54) is 11.8 Å². The second-order valence-electron chi connectivity index (χ2n) is 7.89. The van der Waals surface area contributed by atoms with Gasteiger partial charge in [-0.1, -0.05) is 17.8 Å². The van der Waals surface area contributed by atoms with Crippen LogP contribution in [0.5, 0.6) is 0 Å². The van der Waals surface area contributed by atoms with E-state index in [0.29, 0.717) is 22.5 Å². The van der Waals surface area contributed by atoms with Crippen molar-refractivity contribution in [3.8, 4) is 5.69 Å². The van der Waals surface area contributed by atoms with E-state index in [9.17, 15) is 4.79 Å². The number of carbonyl (C=O) groups is 1. The molecule has 1 fully saturated rings. The Labute approximate surface area is 167 Å². The molecule has 1 saturated carbocycles. The summed E-state index contributed by atoms with van der Waals surface area (Å²) in [5.74, 6) is 0.316. The topological polar surface area (TPSA) is 90.5 Å². The first-order valence-electron chi connectivity index (χ1n) is 9.21. The van der Waals surface area contributed by atoms with Crippen molar-refractivity contribution in [1.82, 2.24) is 30.0 Å². The molecule has 2 heterocycles. The number of hydrogen-bond donors (Lipinski definition) is 1. The number of nitrogens with zero attached hydrogens (tertiary/aromatic N) is 6. The zero-order chi connectivity index (χ0) is 19.9. The predicted molar refractivity (Wildman–Crippen MR) is 108 cm³/mol. The molecule has 4 rings (SSSR count). The lowest BCUT2D eigenvalue weighted by Gasteiger charge is -2.22. The van der Waals surface area contributed by atoms with Gasteiger partial charge >= 0.3 is 0 Å². The lowest BCUT2D eigenvalue weighted by molar-refractivity contribution is 0.100. The van der Waals surface area contributed by atoms with Gasteiger partial charge in [0.15, 0.2) is 0 Å². The molecule has 1 N–H and O–H groups in total. The molecular weight excluding hydrogens is 374 g/mol. The van der Waals surface area contributed by atoms with E-state index < -0.39 is 0 Å². The average Bonchev–Trinajstić information content (AvgIpc) is 3.21. The van der Waals surface area contributed by atoms with Gasteiger partial charge < -0.3 is 5.32 Å². The fourth-order valence-electron chi connectivity index (χ4n) is 3.03. The summed E-state index contributed by atoms with van der Waals surface area (Å²) in [5, 5.41) is 20.1. The Balaban J connectivity index is 1.62. The fourth-order valence-corrected chi connectivity index (χ4v) is 3.46. The molecule has 1 aliphatic rings. The molecule has 0 unspecified atom stereocenters. The summed E-state index contributed by atoms with van der Waals surface area (Å²) in [6.45, 7) is 6.15. The maximum Gasteiger partial charge on any atom is 0.273 e. The molecule has 2 aromatic heterocycles. The molecule has 146 valence electrons. The molecule has 1 aliphatic carbocycles. The van der Waals surface area contributed by atoms with Crippen LogP contribution in [0.1, 0.15) is 55.7 Å². The molecule has 0 saturated heterocycles. The van der Waals surface area contributed by atoms with Gasteiger partial charge in [0.2, 0.25) is 5.16 Å². The maximum atomic E-state index is 13.0. The molecule has 0 aliphatic heterocycles. The van der Waals surface area contributed by atoms with Crippen LogP contribution in [-0.2, 0) is 5.54 Å². The standard InChI is InChI=1S/C19H23N7OS/c1-19(2,3)26-16(11-15(22-26)12-8-9-12)17(27)20-13-6-5-7-14(10-13)25-18(28-4)21-23-24-25/h5-7,10-12H,8-9H2,1-4H3,(H,20,27). The highest BCUT2D eigenvalue weighted by atomic mass is 32.2. The zero-order valence-electron chi connectivity index (χ0n) is 16.4. The molecule has 0 radical (unpaired) electrons. The minimum Gasteiger partial charge on any atom is -0.321 e. The smallest absolute Gasteiger partial charge is 0.273 e. The van der Waals surface area contributed by atoms with Crippen LogP contribution in [0.4, 0.5) is 5.69 Å². The Hall–Kier alpha value is -2.68. The largest absolute Gasteiger partial charge is 0.321 e. The number of amides is 1. The number of carbonyl (C=O) groups excluding carboxylic acids is 1. The Morgan fingerprint density at radius 1 is 1.25 bits per heavy atom. The van der Waals surface area contributed by atoms with Gasteiger partial charge in [-0.2, -0.15) is 9.78 Å². The third kappa shape index (κ3) is 3.66. The van der Waals surface area contributed by atoms with E-state index in [0.717, 1.165) is 24.2 Å². The summed E-state index contributed by atoms with van der Waals surface area (Å²) in [5.41, 5.74) is 2.77. The van der Waals surface area contributed by atoms with Crippen molar-refractivity contribution in [2.45, 2.75) is 50.2 Å². The number of aromatic nitrogens is 6. The van der Waals surface area contributed by atoms with Gasteiger partial charge in [0, 0.05) is 11.6 Å². The summed E-state index contributed by atoms with van der Waals surface area (Å²) in [4.78, 5) is 13.0. The minimum absolute atomic E-state index is 0.173. The number of nitrogens with one attached hydrogen (secondary N) is 1. The molecule has 8 nitrogen and oxygen atoms in total. The lowest BCUT2D eigenvalue weighted by atomic mass is 10.1. The maximum absolute atomic E-state index is 13.0. The van der Waals surface area contributed by atoms with Crippen LogP contribution in [-0.4, -0.2) is 42.2 Å². The second-order valence-corrected chi connectivity index (χ2v) is 8.67. The van der Waals surface area contributed by atoms with Gasteiger partial charge in [-0.25, -0.2) is 0 Å². The number of benzene rings is 1. The predicted octanol–water partition coefficient (Wildman–Crippen LogP) is 3.47. The molecule has 1 aromatic carbocycles. The highest BCUT2D eigenvalue weighted by Gasteiger charge is 2.31. The van der Waals surface area contributed by atoms with Crippen LogP contribution < -0.4 is 5.32 Å². The van der Waals surface area contributed by atoms with Crippen molar-refractivity contribution in [1.29, 1.82) is 0 Å². The summed E-state index contributed by atoms with van der Waals surface area (Å²) in [6, 6.07) is 9.40. The molecule has 9 heteroatoms. The molecular formula is C19H23N7OS. The summed E-state index contributed by atoms with van der Waals surface area (Å²) >= 11 is 1.46. The third-order valence-electron chi connectivity index (χ3n) is 4.56. The van der Waals surface area contributed by atoms with Gasteiger partial charge in [0.05, 0.1) is 16.9 Å². The molecule has 3 aromatic rings. The van der Waals surface area contributed by atoms with Crippen LogP contribution in [0.15, 0.2) is 35.5 Å². The Morgan fingerprint density at radius 2 is 2.04 bits per heavy atom. The van der Waals surface area contributed by atoms with E-state index in [2.05, 4.69) is 41.6 Å². The molecule has 0 bridgehead atoms. The van der Waals surface area contributed by atoms with E-state index in [1.807, 2.05) is 41.3 Å². The van der Waals surface area contributed by atoms with Crippen molar-refractivity contribution in [3.63, 3.8) is 0 Å². The van der Waals surface area contributed by atoms with Crippen molar-refractivity contribution < 1.29 is 4.79 Å². The third-order valence-corrected chi connectivity index (χ3v) is 5.18. The summed E-state index contributed by atoms with van der Waals surface area (Å²) < 4.78 is 3.47. The first-order chi connectivity index (χ1) is 13.4. The number of hydrogen-bond acceptors (Lipinski definition) is 6. The van der Waals surface area contributed by atoms with Crippen molar-refractivity contribution >= 4 is 23.4 Å². The highest BCUT2D eigenvalue weighted by Crippen LogP contribution is 2.40. The first kappa shape index (κ1) is 18.7. The van der Waals surface area contributed by atoms with E-state index in [4.69, 9.17) is 5.10 Å². The Bertz CT molecular complexity index is 1010. The van der Waals surface area contributed by atoms with Gasteiger partial charge in [0.1, 0.15) is 5.69 Å². The highest BCUT2D eigenvalue weighted by molar-refractivity contribution is 7.98. The molecule has 0 spiro atoms. The van der Waals surface area contributed by atoms with Crippen LogP contribution in [0.3, 0.4) is 0 Å².